The van der Waals surface area contributed by atoms with Crippen LogP contribution in [-0.4, -0.2) is 328 Å². The Hall–Kier alpha value is -2.80. The number of hydrogen-bond donors (Lipinski definition) is 7. The number of aliphatic hydroxyl groups is 7. The highest BCUT2D eigenvalue weighted by atomic mass is 35.7. The molecule has 29 atom stereocenters. The van der Waals surface area contributed by atoms with E-state index < -0.39 is 177 Å². The number of ether oxygens (including phenoxy) is 24. The summed E-state index contributed by atoms with van der Waals surface area (Å²) in [4.78, 5) is 33.7. The van der Waals surface area contributed by atoms with Gasteiger partial charge in [-0.15, -0.1) is 0 Å². The van der Waals surface area contributed by atoms with Crippen LogP contribution in [0.3, 0.4) is 0 Å². The minimum absolute atomic E-state index is 0.0216. The van der Waals surface area contributed by atoms with E-state index in [4.69, 9.17) is 137 Å². The molecule has 0 bridgehead atoms. The molecule has 11 fully saturated rings. The largest absolute Gasteiger partial charge is 0.459 e. The minimum atomic E-state index is -3.55. The molecular formula is C85H148Cl2O36S. The van der Waals surface area contributed by atoms with E-state index in [2.05, 4.69) is 0 Å². The molecule has 36 nitrogen and oxygen atoms in total. The number of fused-ring (bicyclic) bond motifs is 5. The molecule has 11 heterocycles. The fraction of sp³-hybridized carbons (Fsp3) is 0.894. The van der Waals surface area contributed by atoms with Crippen molar-refractivity contribution < 1.29 is 174 Å². The topological polar surface area (TPSA) is 448 Å². The van der Waals surface area contributed by atoms with Crippen LogP contribution >= 0.6 is 22.3 Å². The van der Waals surface area contributed by atoms with Crippen molar-refractivity contribution >= 4 is 48.5 Å². The average molecular weight is 1850 g/mol. The number of halogens is 2. The smallest absolute Gasteiger partial charge is 0.308 e. The van der Waals surface area contributed by atoms with Crippen molar-refractivity contribution in [3.05, 3.63) is 29.8 Å². The van der Waals surface area contributed by atoms with Crippen LogP contribution in [0.25, 0.3) is 0 Å². The molecule has 1 aromatic carbocycles. The molecule has 1 aromatic rings. The molecule has 124 heavy (non-hydrogen) atoms. The van der Waals surface area contributed by atoms with Crippen molar-refractivity contribution in [1.29, 1.82) is 0 Å². The van der Waals surface area contributed by atoms with Crippen LogP contribution < -0.4 is 0 Å². The SMILES string of the molecule is CC(C)C(=O)Cl.CC[C@]1(CO)O[C@@H]2OC(C)(C)O[C@@H]2[C@@H]1OC.CC[C@]1([C@H](C)O)O[C@@H]2OC(C)(C)O[C@@H]2[C@@H]1OC.CC[C@]1([C@H](C)OC(=O)C(C)C)O[C@@H]2OC(C)(C)O[C@@H]2[C@@H]1OC.CO[C@H]1[C@H]2OC(C)(C)O[C@H]2O[C@]1(CO)[C@@H](C)O.CO[C@H]1[C@H]2OC(C)(C)O[C@H]2O[C@]1(CO)[C@H](C)O.Cc1ccc(S(=O)(=O)Cl)cc1.[3H][C@@H]1O[C@](CC)([C@H](C)OC(=O)C(C)C)[C@@H](OC)[C@H]1O. The molecule has 0 unspecified atom stereocenters. The van der Waals surface area contributed by atoms with Gasteiger partial charge in [0.2, 0.25) is 5.24 Å². The highest BCUT2D eigenvalue weighted by Gasteiger charge is 2.69. The summed E-state index contributed by atoms with van der Waals surface area (Å²) in [6.45, 7) is 44.9. The monoisotopic (exact) mass is 1850 g/mol. The number of hydrogen-bond acceptors (Lipinski definition) is 36. The average Bonchev–Trinajstić information content (AvgIpc) is 1.60. The van der Waals surface area contributed by atoms with Crippen LogP contribution in [0.4, 0.5) is 0 Å². The van der Waals surface area contributed by atoms with Gasteiger partial charge in [-0.2, -0.15) is 0 Å². The Balaban J connectivity index is 0.000000257. The Kier molecular flexibility index (Phi) is 39.7. The van der Waals surface area contributed by atoms with Crippen molar-refractivity contribution in [3.8, 4) is 0 Å². The highest BCUT2D eigenvalue weighted by Crippen LogP contribution is 2.52. The molecule has 0 aromatic heterocycles. The number of benzene rings is 1. The second-order valence-electron chi connectivity index (χ2n) is 35.5. The number of aliphatic hydroxyl groups excluding tert-OH is 7. The summed E-state index contributed by atoms with van der Waals surface area (Å²) in [7, 11) is 10.8. The van der Waals surface area contributed by atoms with Gasteiger partial charge in [-0.05, 0) is 160 Å². The summed E-state index contributed by atoms with van der Waals surface area (Å²) in [5.74, 6) is -4.54. The van der Waals surface area contributed by atoms with Crippen LogP contribution in [0.2, 0.25) is 0 Å². The van der Waals surface area contributed by atoms with Crippen LogP contribution in [0, 0.1) is 24.7 Å². The van der Waals surface area contributed by atoms with E-state index in [1.807, 2.05) is 83.1 Å². The van der Waals surface area contributed by atoms with Gasteiger partial charge in [0, 0.05) is 59.3 Å². The van der Waals surface area contributed by atoms with E-state index >= 15 is 0 Å². The van der Waals surface area contributed by atoms with Gasteiger partial charge < -0.3 is 149 Å². The Morgan fingerprint density at radius 2 is 0.694 bits per heavy atom. The maximum absolute atomic E-state index is 11.9. The molecule has 0 amide bonds. The van der Waals surface area contributed by atoms with E-state index in [1.165, 1.54) is 33.5 Å². The molecular weight excluding hydrogens is 1700 g/mol. The zero-order valence-corrected chi connectivity index (χ0v) is 80.7. The molecule has 11 saturated heterocycles. The van der Waals surface area contributed by atoms with Gasteiger partial charge in [-0.25, -0.2) is 8.42 Å². The predicted octanol–water partition coefficient (Wildman–Crippen LogP) is 7.64. The van der Waals surface area contributed by atoms with Gasteiger partial charge in [0.15, 0.2) is 60.4 Å². The number of rotatable bonds is 24. The molecule has 11 aliphatic heterocycles. The summed E-state index contributed by atoms with van der Waals surface area (Å²) in [6, 6.07) is 6.37. The molecule has 0 saturated carbocycles. The number of carbonyl (C=O) groups excluding carboxylic acids is 3. The predicted molar refractivity (Wildman–Crippen MR) is 446 cm³/mol. The number of esters is 2. The van der Waals surface area contributed by atoms with Gasteiger partial charge in [0.05, 0.1) is 62.8 Å². The van der Waals surface area contributed by atoms with Crippen LogP contribution in [0.15, 0.2) is 29.2 Å². The third-order valence-corrected chi connectivity index (χ3v) is 25.4. The maximum Gasteiger partial charge on any atom is 0.308 e. The number of aryl methyl sites for hydroxylation is 1. The molecule has 12 rings (SSSR count). The second-order valence-corrected chi connectivity index (χ2v) is 38.5. The Morgan fingerprint density at radius 3 is 0.952 bits per heavy atom. The molecule has 0 spiro atoms. The highest BCUT2D eigenvalue weighted by molar-refractivity contribution is 8.13. The van der Waals surface area contributed by atoms with E-state index in [1.54, 1.807) is 130 Å². The van der Waals surface area contributed by atoms with E-state index in [-0.39, 0.29) is 96.3 Å². The number of carbonyl (C=O) groups is 3. The standard InChI is InChI=1S/C16H28O6.C13H24O5.C12H22O5.2C11H20O6.C11H20O5.C7H7ClO2S.C4H7ClO/c1-8-16(10(4)19-13(17)9(2)3)12(18-7)11-14(22-16)21-15(5,6)20-11;1-6-13(9(4)18-12(15)8(2)3)11(16-5)10(14)7-17-13;1-6-12(7(2)13)9(14-5)8-10(17-12)16-11(3,4)15-8;2*1-6(13)11(5-12)8(14-4)7-9(17-11)16-10(2,3)15-7;1-5-11(6-12)8(13-4)7-9(16-11)15-10(2,3)14-7;1-6-2-4-7(5-3-6)11(8,9)10;1-3(2)4(5)6/h9-12,14H,8H2,1-7H3;8-11,14H,6-7H2,1-5H3;7-10,13H,6H2,1-5H3;2*6-9,12-13H,5H2,1-4H3;7-9,12H,5-6H2,1-4H3;2-5H,1H3;3H,1-2H3/t10-,11+,12-,14-,16+;9-,10-,11-,13+;7-,8+,9-,10-,12+;6-,7+,8-,9-,11+;6-,7-,8+,9+,11-;7-,8+,9+,11-;;/m000011../s1/i;7T;;;;;;/t;7-,9-,10-,11-,13+;;;;;;. The Bertz CT molecular complexity index is 3490. The minimum Gasteiger partial charge on any atom is -0.459 e. The summed E-state index contributed by atoms with van der Waals surface area (Å²) in [5.41, 5.74) is -4.59. The van der Waals surface area contributed by atoms with E-state index in [0.29, 0.717) is 25.7 Å². The quantitative estimate of drug-likeness (QED) is 0.0386. The van der Waals surface area contributed by atoms with Gasteiger partial charge in [0.1, 0.15) is 119 Å². The Labute approximate surface area is 743 Å². The van der Waals surface area contributed by atoms with Crippen LogP contribution in [-0.2, 0) is 137 Å². The van der Waals surface area contributed by atoms with Crippen molar-refractivity contribution in [2.75, 3.05) is 69.1 Å². The van der Waals surface area contributed by atoms with Crippen molar-refractivity contribution in [1.82, 2.24) is 0 Å². The van der Waals surface area contributed by atoms with Crippen LogP contribution in [0.5, 0.6) is 0 Å². The lowest BCUT2D eigenvalue weighted by Crippen LogP contribution is -2.55. The van der Waals surface area contributed by atoms with Gasteiger partial charge in [-0.1, -0.05) is 86.9 Å². The zero-order chi connectivity index (χ0) is 95.6. The molecule has 0 radical (unpaired) electrons. The number of methoxy groups -OCH3 is 6. The lowest BCUT2D eigenvalue weighted by Gasteiger charge is -2.39. The first-order valence-corrected chi connectivity index (χ1v) is 45.0. The maximum atomic E-state index is 11.9. The first-order valence-electron chi connectivity index (χ1n) is 42.8. The summed E-state index contributed by atoms with van der Waals surface area (Å²) < 4.78 is 164. The van der Waals surface area contributed by atoms with Crippen molar-refractivity contribution in [2.45, 2.75) is 408 Å². The fourth-order valence-electron chi connectivity index (χ4n) is 16.7. The fourth-order valence-corrected chi connectivity index (χ4v) is 17.5. The normalized spacial score (nSPS) is 38.6. The third-order valence-electron chi connectivity index (χ3n) is 23.6. The Morgan fingerprint density at radius 1 is 0.419 bits per heavy atom. The van der Waals surface area contributed by atoms with Gasteiger partial charge in [-0.3, -0.25) is 14.4 Å². The van der Waals surface area contributed by atoms with Gasteiger partial charge in [0.25, 0.3) is 9.05 Å². The van der Waals surface area contributed by atoms with Crippen molar-refractivity contribution in [2.24, 2.45) is 17.8 Å². The summed E-state index contributed by atoms with van der Waals surface area (Å²) in [6.07, 6.45) is -9.41. The molecule has 0 aliphatic carbocycles. The first-order chi connectivity index (χ1) is 57.7. The summed E-state index contributed by atoms with van der Waals surface area (Å²) >= 11 is 4.97. The molecule has 7 N–H and O–H groups in total. The van der Waals surface area contributed by atoms with E-state index in [9.17, 15) is 58.5 Å². The third kappa shape index (κ3) is 25.2. The van der Waals surface area contributed by atoms with Crippen LogP contribution in [0.1, 0.15) is 206 Å². The lowest BCUT2D eigenvalue weighted by molar-refractivity contribution is -0.266. The lowest BCUT2D eigenvalue weighted by atomic mass is 9.87. The van der Waals surface area contributed by atoms with E-state index in [0.717, 1.165) is 5.56 Å². The molecule has 39 heteroatoms. The first kappa shape index (κ1) is 110. The molecule has 11 aliphatic rings. The van der Waals surface area contributed by atoms with Gasteiger partial charge >= 0.3 is 11.9 Å². The summed E-state index contributed by atoms with van der Waals surface area (Å²) in [5, 5.41) is 67.8. The molecule has 724 valence electrons. The zero-order valence-electron chi connectivity index (χ0n) is 79.4. The van der Waals surface area contributed by atoms with Crippen molar-refractivity contribution in [3.63, 3.8) is 0 Å². The second kappa shape index (κ2) is 44.8.